The van der Waals surface area contributed by atoms with E-state index in [1.54, 1.807) is 0 Å². The molecule has 1 unspecified atom stereocenters. The summed E-state index contributed by atoms with van der Waals surface area (Å²) in [4.78, 5) is 60.1. The van der Waals surface area contributed by atoms with Crippen molar-refractivity contribution in [2.75, 3.05) is 26.2 Å². The summed E-state index contributed by atoms with van der Waals surface area (Å²) in [5.74, 6) is -1.36. The molecule has 3 fully saturated rings. The van der Waals surface area contributed by atoms with Gasteiger partial charge in [0.25, 0.3) is 11.8 Å². The lowest BCUT2D eigenvalue weighted by atomic mass is 10.00. The summed E-state index contributed by atoms with van der Waals surface area (Å²) in [5, 5.41) is 6.98. The number of urea groups is 2. The zero-order valence-corrected chi connectivity index (χ0v) is 11.0. The van der Waals surface area contributed by atoms with Gasteiger partial charge in [-0.3, -0.25) is 24.6 Å². The Morgan fingerprint density at radius 1 is 1.24 bits per heavy atom. The zero-order valence-electron chi connectivity index (χ0n) is 11.0. The van der Waals surface area contributed by atoms with Crippen molar-refractivity contribution < 1.29 is 24.0 Å². The predicted octanol–water partition coefficient (Wildman–Crippen LogP) is -2.65. The van der Waals surface area contributed by atoms with Gasteiger partial charge >= 0.3 is 12.1 Å². The van der Waals surface area contributed by atoms with Crippen LogP contribution in [0.2, 0.25) is 0 Å². The monoisotopic (exact) mass is 295 g/mol. The first-order valence-corrected chi connectivity index (χ1v) is 6.41. The van der Waals surface area contributed by atoms with Gasteiger partial charge in [0, 0.05) is 6.54 Å². The highest BCUT2D eigenvalue weighted by atomic mass is 16.2. The molecule has 7 amide bonds. The quantitative estimate of drug-likeness (QED) is 0.479. The second-order valence-electron chi connectivity index (χ2n) is 5.19. The van der Waals surface area contributed by atoms with Gasteiger partial charge in [-0.1, -0.05) is 0 Å². The number of hydrogen-bond donors (Lipinski definition) is 3. The predicted molar refractivity (Wildman–Crippen MR) is 65.7 cm³/mol. The molecule has 0 aromatic carbocycles. The Morgan fingerprint density at radius 2 is 2.00 bits per heavy atom. The molecule has 10 heteroatoms. The number of likely N-dealkylation sites (tertiary alicyclic amines) is 1. The Kier molecular flexibility index (Phi) is 2.81. The fourth-order valence-electron chi connectivity index (χ4n) is 2.69. The van der Waals surface area contributed by atoms with Gasteiger partial charge in [0.1, 0.15) is 12.1 Å². The molecule has 0 bridgehead atoms. The molecule has 0 aliphatic carbocycles. The van der Waals surface area contributed by atoms with E-state index in [-0.39, 0.29) is 26.2 Å². The number of hydrogen-bond acceptors (Lipinski definition) is 5. The third-order valence-electron chi connectivity index (χ3n) is 3.87. The van der Waals surface area contributed by atoms with Crippen molar-refractivity contribution in [3.63, 3.8) is 0 Å². The fraction of sp³-hybridized carbons (Fsp3) is 0.545. The lowest BCUT2D eigenvalue weighted by Gasteiger charge is -2.22. The van der Waals surface area contributed by atoms with E-state index in [9.17, 15) is 24.0 Å². The van der Waals surface area contributed by atoms with Crippen LogP contribution in [0.15, 0.2) is 0 Å². The summed E-state index contributed by atoms with van der Waals surface area (Å²) in [6.45, 7) is -0.173. The van der Waals surface area contributed by atoms with Gasteiger partial charge in [-0.15, -0.1) is 0 Å². The van der Waals surface area contributed by atoms with E-state index >= 15 is 0 Å². The first-order chi connectivity index (χ1) is 9.91. The molecule has 3 aliphatic rings. The number of carbonyl (C=O) groups excluding carboxylic acids is 5. The maximum atomic E-state index is 12.1. The largest absolute Gasteiger partial charge is 0.338 e. The molecule has 3 N–H and O–H groups in total. The number of imide groups is 2. The minimum atomic E-state index is -1.09. The van der Waals surface area contributed by atoms with Gasteiger partial charge in [0.15, 0.2) is 0 Å². The van der Waals surface area contributed by atoms with Crippen LogP contribution in [-0.4, -0.2) is 71.3 Å². The van der Waals surface area contributed by atoms with Crippen molar-refractivity contribution in [2.24, 2.45) is 0 Å². The number of amides is 7. The summed E-state index contributed by atoms with van der Waals surface area (Å²) >= 11 is 0. The van der Waals surface area contributed by atoms with E-state index in [0.29, 0.717) is 6.42 Å². The third kappa shape index (κ3) is 2.08. The Morgan fingerprint density at radius 3 is 2.57 bits per heavy atom. The molecular weight excluding hydrogens is 282 g/mol. The van der Waals surface area contributed by atoms with E-state index < -0.39 is 35.3 Å². The lowest BCUT2D eigenvalue weighted by molar-refractivity contribution is -0.136. The van der Waals surface area contributed by atoms with Gasteiger partial charge in [-0.2, -0.15) is 0 Å². The standard InChI is InChI=1S/C11H13N5O5/c17-6-3-12-10(21)16(6)4-7(18)15-2-1-11(5-15)8(19)13-9(20)14-11/h1-5H2,(H,12,21)(H2,13,14,19,20). The zero-order chi connectivity index (χ0) is 15.2. The van der Waals surface area contributed by atoms with Crippen LogP contribution in [0.4, 0.5) is 9.59 Å². The highest BCUT2D eigenvalue weighted by molar-refractivity contribution is 6.08. The second kappa shape index (κ2) is 4.43. The van der Waals surface area contributed by atoms with E-state index in [1.807, 2.05) is 0 Å². The molecule has 1 spiro atoms. The van der Waals surface area contributed by atoms with Crippen LogP contribution in [0.1, 0.15) is 6.42 Å². The number of carbonyl (C=O) groups is 5. The van der Waals surface area contributed by atoms with Crippen LogP contribution in [0.25, 0.3) is 0 Å². The fourth-order valence-corrected chi connectivity index (χ4v) is 2.69. The normalized spacial score (nSPS) is 28.2. The first-order valence-electron chi connectivity index (χ1n) is 6.41. The molecule has 3 aliphatic heterocycles. The molecule has 3 rings (SSSR count). The van der Waals surface area contributed by atoms with Gasteiger partial charge in [0.2, 0.25) is 5.91 Å². The molecule has 0 aromatic rings. The van der Waals surface area contributed by atoms with Crippen molar-refractivity contribution >= 4 is 29.8 Å². The Balaban J connectivity index is 1.65. The summed E-state index contributed by atoms with van der Waals surface area (Å²) in [5.41, 5.74) is -1.09. The lowest BCUT2D eigenvalue weighted by Crippen LogP contribution is -2.50. The highest BCUT2D eigenvalue weighted by Crippen LogP contribution is 2.24. The maximum absolute atomic E-state index is 12.1. The first kappa shape index (κ1) is 13.3. The van der Waals surface area contributed by atoms with Crippen molar-refractivity contribution in [3.8, 4) is 0 Å². The number of rotatable bonds is 2. The SMILES string of the molecule is O=C1NC(=O)C2(CCN(C(=O)CN3C(=O)CNC3=O)C2)N1. The highest BCUT2D eigenvalue weighted by Gasteiger charge is 2.51. The van der Waals surface area contributed by atoms with Crippen LogP contribution in [-0.2, 0) is 14.4 Å². The minimum Gasteiger partial charge on any atom is -0.338 e. The minimum absolute atomic E-state index is 0.0348. The van der Waals surface area contributed by atoms with Crippen molar-refractivity contribution in [2.45, 2.75) is 12.0 Å². The molecule has 3 heterocycles. The van der Waals surface area contributed by atoms with Crippen LogP contribution in [0, 0.1) is 0 Å². The summed E-state index contributed by atoms with van der Waals surface area (Å²) < 4.78 is 0. The summed E-state index contributed by atoms with van der Waals surface area (Å²) in [7, 11) is 0. The van der Waals surface area contributed by atoms with Crippen LogP contribution >= 0.6 is 0 Å². The van der Waals surface area contributed by atoms with Crippen molar-refractivity contribution in [1.82, 2.24) is 25.8 Å². The average molecular weight is 295 g/mol. The molecule has 0 aromatic heterocycles. The van der Waals surface area contributed by atoms with Crippen molar-refractivity contribution in [1.29, 1.82) is 0 Å². The maximum Gasteiger partial charge on any atom is 0.325 e. The second-order valence-corrected chi connectivity index (χ2v) is 5.19. The Hall–Kier alpha value is -2.65. The van der Waals surface area contributed by atoms with E-state index in [2.05, 4.69) is 16.0 Å². The van der Waals surface area contributed by atoms with Crippen LogP contribution in [0.3, 0.4) is 0 Å². The smallest absolute Gasteiger partial charge is 0.325 e. The molecule has 3 saturated heterocycles. The van der Waals surface area contributed by atoms with Gasteiger partial charge in [0.05, 0.1) is 13.1 Å². The molecule has 112 valence electrons. The summed E-state index contributed by atoms with van der Waals surface area (Å²) in [6, 6.07) is -1.18. The average Bonchev–Trinajstić information content (AvgIpc) is 3.06. The molecule has 0 saturated carbocycles. The number of nitrogens with zero attached hydrogens (tertiary/aromatic N) is 2. The molecule has 10 nitrogen and oxygen atoms in total. The molecular formula is C11H13N5O5. The van der Waals surface area contributed by atoms with Gasteiger partial charge in [-0.05, 0) is 6.42 Å². The third-order valence-corrected chi connectivity index (χ3v) is 3.87. The Bertz CT molecular complexity index is 559. The van der Waals surface area contributed by atoms with Crippen LogP contribution < -0.4 is 16.0 Å². The van der Waals surface area contributed by atoms with Crippen LogP contribution in [0.5, 0.6) is 0 Å². The Labute approximate surface area is 118 Å². The number of nitrogens with one attached hydrogen (secondary N) is 3. The van der Waals surface area contributed by atoms with Crippen molar-refractivity contribution in [3.05, 3.63) is 0 Å². The molecule has 21 heavy (non-hydrogen) atoms. The topological polar surface area (TPSA) is 128 Å². The molecule has 1 atom stereocenters. The van der Waals surface area contributed by atoms with E-state index in [1.165, 1.54) is 4.90 Å². The van der Waals surface area contributed by atoms with E-state index in [4.69, 9.17) is 0 Å². The van der Waals surface area contributed by atoms with E-state index in [0.717, 1.165) is 4.90 Å². The van der Waals surface area contributed by atoms with Gasteiger partial charge in [-0.25, -0.2) is 9.59 Å². The van der Waals surface area contributed by atoms with Gasteiger partial charge < -0.3 is 15.5 Å². The molecule has 0 radical (unpaired) electrons. The summed E-state index contributed by atoms with van der Waals surface area (Å²) in [6.07, 6.45) is 0.302.